The molecule has 3 rings (SSSR count). The van der Waals surface area contributed by atoms with Crippen LogP contribution in [0.3, 0.4) is 0 Å². The number of hydrogen-bond donors (Lipinski definition) is 0. The van der Waals surface area contributed by atoms with E-state index in [2.05, 4.69) is 40.3 Å². The Balaban J connectivity index is 1.43. The van der Waals surface area contributed by atoms with Crippen molar-refractivity contribution in [2.24, 2.45) is 5.92 Å². The highest BCUT2D eigenvalue weighted by Gasteiger charge is 2.23. The van der Waals surface area contributed by atoms with Gasteiger partial charge in [-0.25, -0.2) is 9.97 Å². The van der Waals surface area contributed by atoms with Gasteiger partial charge < -0.3 is 4.90 Å². The zero-order valence-corrected chi connectivity index (χ0v) is 14.8. The predicted octanol–water partition coefficient (Wildman–Crippen LogP) is 3.36. The number of amides is 1. The van der Waals surface area contributed by atoms with Crippen LogP contribution in [-0.2, 0) is 11.2 Å². The van der Waals surface area contributed by atoms with Crippen LogP contribution in [-0.4, -0.2) is 39.6 Å². The van der Waals surface area contributed by atoms with E-state index < -0.39 is 0 Å². The van der Waals surface area contributed by atoms with Crippen molar-refractivity contribution in [3.8, 4) is 0 Å². The van der Waals surface area contributed by atoms with Crippen LogP contribution < -0.4 is 0 Å². The average Bonchev–Trinajstić information content (AvgIpc) is 2.61. The minimum atomic E-state index is 0.197. The zero-order valence-electron chi connectivity index (χ0n) is 14.0. The summed E-state index contributed by atoms with van der Waals surface area (Å²) >= 11 is 1.43. The summed E-state index contributed by atoms with van der Waals surface area (Å²) < 4.78 is 0. The first-order chi connectivity index (χ1) is 11.7. The van der Waals surface area contributed by atoms with E-state index >= 15 is 0 Å². The SMILES string of the molecule is Cc1ccnc(SCC(=O)N2CCC(Cc3ccccc3)CC2)n1. The lowest BCUT2D eigenvalue weighted by Gasteiger charge is -2.32. The van der Waals surface area contributed by atoms with Gasteiger partial charge in [0, 0.05) is 25.0 Å². The van der Waals surface area contributed by atoms with E-state index in [-0.39, 0.29) is 5.91 Å². The van der Waals surface area contributed by atoms with Crippen molar-refractivity contribution in [3.05, 3.63) is 53.9 Å². The van der Waals surface area contributed by atoms with Gasteiger partial charge in [-0.1, -0.05) is 42.1 Å². The number of benzene rings is 1. The van der Waals surface area contributed by atoms with Crippen LogP contribution in [0.5, 0.6) is 0 Å². The van der Waals surface area contributed by atoms with Crippen LogP contribution >= 0.6 is 11.8 Å². The lowest BCUT2D eigenvalue weighted by atomic mass is 9.90. The highest BCUT2D eigenvalue weighted by molar-refractivity contribution is 7.99. The fourth-order valence-corrected chi connectivity index (χ4v) is 3.83. The number of carbonyl (C=O) groups excluding carboxylic acids is 1. The van der Waals surface area contributed by atoms with Crippen molar-refractivity contribution in [3.63, 3.8) is 0 Å². The molecule has 0 bridgehead atoms. The highest BCUT2D eigenvalue weighted by atomic mass is 32.2. The molecule has 0 saturated carbocycles. The van der Waals surface area contributed by atoms with Gasteiger partial charge in [-0.05, 0) is 43.7 Å². The summed E-state index contributed by atoms with van der Waals surface area (Å²) in [4.78, 5) is 22.9. The Hall–Kier alpha value is -1.88. The van der Waals surface area contributed by atoms with Crippen molar-refractivity contribution >= 4 is 17.7 Å². The molecule has 0 N–H and O–H groups in total. The molecule has 0 unspecified atom stereocenters. The summed E-state index contributed by atoms with van der Waals surface area (Å²) in [6.45, 7) is 3.67. The van der Waals surface area contributed by atoms with Crippen molar-refractivity contribution in [1.29, 1.82) is 0 Å². The molecule has 0 radical (unpaired) electrons. The van der Waals surface area contributed by atoms with Crippen molar-refractivity contribution < 1.29 is 4.79 Å². The quantitative estimate of drug-likeness (QED) is 0.618. The first-order valence-corrected chi connectivity index (χ1v) is 9.43. The molecule has 0 spiro atoms. The molecule has 4 nitrogen and oxygen atoms in total. The summed E-state index contributed by atoms with van der Waals surface area (Å²) in [5, 5.41) is 0.683. The summed E-state index contributed by atoms with van der Waals surface area (Å²) in [5.41, 5.74) is 2.33. The number of carbonyl (C=O) groups is 1. The number of piperidine rings is 1. The van der Waals surface area contributed by atoms with E-state index in [1.807, 2.05) is 17.9 Å². The van der Waals surface area contributed by atoms with Gasteiger partial charge in [0.2, 0.25) is 5.91 Å². The standard InChI is InChI=1S/C19H23N3OS/c1-15-7-10-20-19(21-15)24-14-18(23)22-11-8-17(9-12-22)13-16-5-3-2-4-6-16/h2-7,10,17H,8-9,11-14H2,1H3. The fourth-order valence-electron chi connectivity index (χ4n) is 3.05. The third-order valence-corrected chi connectivity index (χ3v) is 5.28. The predicted molar refractivity (Wildman–Crippen MR) is 96.9 cm³/mol. The topological polar surface area (TPSA) is 46.1 Å². The lowest BCUT2D eigenvalue weighted by molar-refractivity contribution is -0.129. The molecule has 126 valence electrons. The maximum Gasteiger partial charge on any atom is 0.233 e. The van der Waals surface area contributed by atoms with Crippen LogP contribution in [0.4, 0.5) is 0 Å². The third kappa shape index (κ3) is 4.81. The smallest absolute Gasteiger partial charge is 0.233 e. The second kappa shape index (κ2) is 8.29. The van der Waals surface area contributed by atoms with Crippen LogP contribution in [0.2, 0.25) is 0 Å². The molecule has 1 fully saturated rings. The Morgan fingerprint density at radius 2 is 1.96 bits per heavy atom. The molecular formula is C19H23N3OS. The minimum Gasteiger partial charge on any atom is -0.342 e. The number of likely N-dealkylation sites (tertiary alicyclic amines) is 1. The Bertz CT molecular complexity index is 669. The van der Waals surface area contributed by atoms with Gasteiger partial charge in [-0.2, -0.15) is 0 Å². The van der Waals surface area contributed by atoms with Gasteiger partial charge in [0.05, 0.1) is 5.75 Å². The molecular weight excluding hydrogens is 318 g/mol. The largest absolute Gasteiger partial charge is 0.342 e. The van der Waals surface area contributed by atoms with E-state index in [0.717, 1.165) is 38.0 Å². The second-order valence-electron chi connectivity index (χ2n) is 6.28. The van der Waals surface area contributed by atoms with Gasteiger partial charge in [-0.15, -0.1) is 0 Å². The van der Waals surface area contributed by atoms with Crippen molar-refractivity contribution in [2.75, 3.05) is 18.8 Å². The van der Waals surface area contributed by atoms with E-state index in [4.69, 9.17) is 0 Å². The van der Waals surface area contributed by atoms with Crippen molar-refractivity contribution in [2.45, 2.75) is 31.3 Å². The van der Waals surface area contributed by atoms with Crippen LogP contribution in [0.1, 0.15) is 24.1 Å². The van der Waals surface area contributed by atoms with E-state index in [1.54, 1.807) is 6.20 Å². The van der Waals surface area contributed by atoms with E-state index in [0.29, 0.717) is 16.8 Å². The molecule has 1 saturated heterocycles. The Labute approximate surface area is 147 Å². The summed E-state index contributed by atoms with van der Waals surface area (Å²) in [6.07, 6.45) is 5.04. The Kier molecular flexibility index (Phi) is 5.86. The minimum absolute atomic E-state index is 0.197. The normalized spacial score (nSPS) is 15.5. The number of thioether (sulfide) groups is 1. The molecule has 0 aliphatic carbocycles. The number of rotatable bonds is 5. The van der Waals surface area contributed by atoms with Gasteiger partial charge in [0.15, 0.2) is 5.16 Å². The number of hydrogen-bond acceptors (Lipinski definition) is 4. The third-order valence-electron chi connectivity index (χ3n) is 4.43. The Morgan fingerprint density at radius 3 is 2.67 bits per heavy atom. The molecule has 1 aromatic heterocycles. The summed E-state index contributed by atoms with van der Waals surface area (Å²) in [6, 6.07) is 12.5. The molecule has 0 atom stereocenters. The molecule has 2 heterocycles. The second-order valence-corrected chi connectivity index (χ2v) is 7.23. The first kappa shape index (κ1) is 17.0. The Morgan fingerprint density at radius 1 is 1.21 bits per heavy atom. The molecule has 5 heteroatoms. The first-order valence-electron chi connectivity index (χ1n) is 8.45. The molecule has 1 aliphatic heterocycles. The summed E-state index contributed by atoms with van der Waals surface area (Å²) in [5.74, 6) is 1.31. The highest BCUT2D eigenvalue weighted by Crippen LogP contribution is 2.22. The molecule has 24 heavy (non-hydrogen) atoms. The van der Waals surface area contributed by atoms with Crippen LogP contribution in [0.15, 0.2) is 47.8 Å². The van der Waals surface area contributed by atoms with Crippen LogP contribution in [0, 0.1) is 12.8 Å². The van der Waals surface area contributed by atoms with Gasteiger partial charge in [0.1, 0.15) is 0 Å². The summed E-state index contributed by atoms with van der Waals surface area (Å²) in [7, 11) is 0. The molecule has 1 aromatic carbocycles. The number of nitrogens with zero attached hydrogens (tertiary/aromatic N) is 3. The number of aryl methyl sites for hydroxylation is 1. The van der Waals surface area contributed by atoms with Gasteiger partial charge >= 0.3 is 0 Å². The molecule has 1 aliphatic rings. The van der Waals surface area contributed by atoms with E-state index in [1.165, 1.54) is 17.3 Å². The maximum absolute atomic E-state index is 12.4. The molecule has 1 amide bonds. The van der Waals surface area contributed by atoms with Crippen molar-refractivity contribution in [1.82, 2.24) is 14.9 Å². The maximum atomic E-state index is 12.4. The number of aromatic nitrogens is 2. The van der Waals surface area contributed by atoms with Crippen LogP contribution in [0.25, 0.3) is 0 Å². The monoisotopic (exact) mass is 341 g/mol. The zero-order chi connectivity index (χ0) is 16.8. The van der Waals surface area contributed by atoms with Gasteiger partial charge in [-0.3, -0.25) is 4.79 Å². The average molecular weight is 341 g/mol. The van der Waals surface area contributed by atoms with Gasteiger partial charge in [0.25, 0.3) is 0 Å². The lowest BCUT2D eigenvalue weighted by Crippen LogP contribution is -2.39. The van der Waals surface area contributed by atoms with E-state index in [9.17, 15) is 4.79 Å². The fraction of sp³-hybridized carbons (Fsp3) is 0.421. The molecule has 2 aromatic rings.